The number of hydrogen-bond acceptors (Lipinski definition) is 3. The Balaban J connectivity index is 1.96. The van der Waals surface area contributed by atoms with Crippen molar-refractivity contribution in [3.8, 4) is 0 Å². The Kier molecular flexibility index (Phi) is 6.09. The van der Waals surface area contributed by atoms with Gasteiger partial charge in [-0.1, -0.05) is 11.6 Å². The molecule has 0 aliphatic carbocycles. The summed E-state index contributed by atoms with van der Waals surface area (Å²) in [5.41, 5.74) is 1.76. The molecule has 0 bridgehead atoms. The van der Waals surface area contributed by atoms with Crippen molar-refractivity contribution in [2.24, 2.45) is 5.92 Å². The van der Waals surface area contributed by atoms with E-state index < -0.39 is 0 Å². The molecule has 0 unspecified atom stereocenters. The summed E-state index contributed by atoms with van der Waals surface area (Å²) in [6.07, 6.45) is 2.79. The monoisotopic (exact) mass is 340 g/mol. The van der Waals surface area contributed by atoms with Crippen LogP contribution in [-0.4, -0.2) is 59.2 Å². The maximum atomic E-state index is 12.7. The first-order valence-electron chi connectivity index (χ1n) is 8.43. The van der Waals surface area contributed by atoms with Crippen LogP contribution in [0.1, 0.15) is 43.6 Å². The number of aryl methyl sites for hydroxylation is 1. The SMILES string of the molecule is Cc1nn([C@@H](C)CC(=O)N2CCC[C@H](CN(C)C)C2)c(C)c1Cl. The van der Waals surface area contributed by atoms with Gasteiger partial charge in [0.2, 0.25) is 5.91 Å². The second-order valence-corrected chi connectivity index (χ2v) is 7.47. The predicted octanol–water partition coefficient (Wildman–Crippen LogP) is 2.90. The normalized spacial score (nSPS) is 20.1. The molecule has 0 radical (unpaired) electrons. The highest BCUT2D eigenvalue weighted by atomic mass is 35.5. The minimum Gasteiger partial charge on any atom is -0.342 e. The molecule has 23 heavy (non-hydrogen) atoms. The maximum Gasteiger partial charge on any atom is 0.224 e. The largest absolute Gasteiger partial charge is 0.342 e. The maximum absolute atomic E-state index is 12.7. The molecule has 0 aromatic carbocycles. The average Bonchev–Trinajstić information content (AvgIpc) is 2.74. The molecule has 1 fully saturated rings. The van der Waals surface area contributed by atoms with Gasteiger partial charge in [-0.3, -0.25) is 9.48 Å². The van der Waals surface area contributed by atoms with Gasteiger partial charge in [-0.25, -0.2) is 0 Å². The predicted molar refractivity (Wildman–Crippen MR) is 93.9 cm³/mol. The standard InChI is InChI=1S/C17H29ClN4O/c1-12(22-14(3)17(18)13(2)19-22)9-16(23)21-8-6-7-15(11-21)10-20(4)5/h12,15H,6-11H2,1-5H3/t12-,15+/m0/s1. The summed E-state index contributed by atoms with van der Waals surface area (Å²) < 4.78 is 1.89. The molecule has 1 aliphatic rings. The molecule has 1 saturated heterocycles. The molecule has 2 heterocycles. The lowest BCUT2D eigenvalue weighted by Gasteiger charge is -2.34. The summed E-state index contributed by atoms with van der Waals surface area (Å²) in [7, 11) is 4.19. The highest BCUT2D eigenvalue weighted by Crippen LogP contribution is 2.25. The van der Waals surface area contributed by atoms with Gasteiger partial charge in [-0.2, -0.15) is 5.10 Å². The lowest BCUT2D eigenvalue weighted by atomic mass is 9.97. The van der Waals surface area contributed by atoms with E-state index in [0.29, 0.717) is 17.4 Å². The molecular formula is C17H29ClN4O. The molecule has 1 aliphatic heterocycles. The average molecular weight is 341 g/mol. The Morgan fingerprint density at radius 2 is 2.13 bits per heavy atom. The minimum atomic E-state index is 0.0305. The van der Waals surface area contributed by atoms with E-state index in [2.05, 4.69) is 24.1 Å². The zero-order chi connectivity index (χ0) is 17.1. The number of amides is 1. The smallest absolute Gasteiger partial charge is 0.224 e. The van der Waals surface area contributed by atoms with Crippen LogP contribution in [0, 0.1) is 19.8 Å². The van der Waals surface area contributed by atoms with E-state index in [-0.39, 0.29) is 11.9 Å². The quantitative estimate of drug-likeness (QED) is 0.827. The lowest BCUT2D eigenvalue weighted by molar-refractivity contribution is -0.133. The van der Waals surface area contributed by atoms with Crippen molar-refractivity contribution in [2.45, 2.75) is 46.1 Å². The first-order valence-corrected chi connectivity index (χ1v) is 8.81. The second-order valence-electron chi connectivity index (χ2n) is 7.09. The van der Waals surface area contributed by atoms with Gasteiger partial charge in [0.25, 0.3) is 0 Å². The number of carbonyl (C=O) groups is 1. The summed E-state index contributed by atoms with van der Waals surface area (Å²) in [5, 5.41) is 5.17. The van der Waals surface area contributed by atoms with Crippen LogP contribution in [0.15, 0.2) is 0 Å². The summed E-state index contributed by atoms with van der Waals surface area (Å²) in [6.45, 7) is 8.70. The van der Waals surface area contributed by atoms with Gasteiger partial charge in [0.05, 0.1) is 22.5 Å². The van der Waals surface area contributed by atoms with Crippen LogP contribution in [0.2, 0.25) is 5.02 Å². The number of likely N-dealkylation sites (tertiary alicyclic amines) is 1. The van der Waals surface area contributed by atoms with E-state index in [0.717, 1.165) is 37.4 Å². The molecular weight excluding hydrogens is 312 g/mol. The molecule has 2 atom stereocenters. The molecule has 1 amide bonds. The van der Waals surface area contributed by atoms with E-state index in [4.69, 9.17) is 11.6 Å². The fourth-order valence-electron chi connectivity index (χ4n) is 3.50. The van der Waals surface area contributed by atoms with Gasteiger partial charge < -0.3 is 9.80 Å². The van der Waals surface area contributed by atoms with E-state index in [1.54, 1.807) is 0 Å². The minimum absolute atomic E-state index is 0.0305. The van der Waals surface area contributed by atoms with Crippen LogP contribution in [0.3, 0.4) is 0 Å². The van der Waals surface area contributed by atoms with Crippen molar-refractivity contribution in [2.75, 3.05) is 33.7 Å². The Hall–Kier alpha value is -1.07. The second kappa shape index (κ2) is 7.67. The summed E-state index contributed by atoms with van der Waals surface area (Å²) in [5.74, 6) is 0.811. The summed E-state index contributed by atoms with van der Waals surface area (Å²) in [6, 6.07) is 0.0305. The number of rotatable bonds is 5. The van der Waals surface area contributed by atoms with Crippen molar-refractivity contribution in [3.05, 3.63) is 16.4 Å². The van der Waals surface area contributed by atoms with Gasteiger partial charge in [0, 0.05) is 26.1 Å². The van der Waals surface area contributed by atoms with Gasteiger partial charge in [0.1, 0.15) is 0 Å². The van der Waals surface area contributed by atoms with Crippen molar-refractivity contribution < 1.29 is 4.79 Å². The van der Waals surface area contributed by atoms with Crippen molar-refractivity contribution >= 4 is 17.5 Å². The molecule has 0 N–H and O–H groups in total. The van der Waals surface area contributed by atoms with Crippen LogP contribution >= 0.6 is 11.6 Å². The van der Waals surface area contributed by atoms with Gasteiger partial charge in [-0.05, 0) is 53.6 Å². The lowest BCUT2D eigenvalue weighted by Crippen LogP contribution is -2.43. The Morgan fingerprint density at radius 1 is 1.43 bits per heavy atom. The number of carbonyl (C=O) groups excluding carboxylic acids is 1. The van der Waals surface area contributed by atoms with E-state index in [1.165, 1.54) is 6.42 Å². The molecule has 6 heteroatoms. The first-order chi connectivity index (χ1) is 10.8. The molecule has 0 saturated carbocycles. The van der Waals surface area contributed by atoms with E-state index in [1.807, 2.05) is 30.4 Å². The Labute approximate surface area is 144 Å². The number of piperidine rings is 1. The fraction of sp³-hybridized carbons (Fsp3) is 0.765. The summed E-state index contributed by atoms with van der Waals surface area (Å²) in [4.78, 5) is 16.9. The van der Waals surface area contributed by atoms with Crippen LogP contribution in [0.25, 0.3) is 0 Å². The number of halogens is 1. The molecule has 130 valence electrons. The number of nitrogens with zero attached hydrogens (tertiary/aromatic N) is 4. The first kappa shape index (κ1) is 18.3. The third-order valence-corrected chi connectivity index (χ3v) is 5.17. The van der Waals surface area contributed by atoms with Crippen LogP contribution in [-0.2, 0) is 4.79 Å². The van der Waals surface area contributed by atoms with Crippen LogP contribution < -0.4 is 0 Å². The Bertz CT molecular complexity index is 555. The van der Waals surface area contributed by atoms with Crippen LogP contribution in [0.5, 0.6) is 0 Å². The number of aromatic nitrogens is 2. The van der Waals surface area contributed by atoms with Gasteiger partial charge in [-0.15, -0.1) is 0 Å². The molecule has 1 aromatic heterocycles. The van der Waals surface area contributed by atoms with Gasteiger partial charge >= 0.3 is 0 Å². The van der Waals surface area contributed by atoms with Crippen LogP contribution in [0.4, 0.5) is 0 Å². The summed E-state index contributed by atoms with van der Waals surface area (Å²) >= 11 is 6.21. The molecule has 2 rings (SSSR count). The third kappa shape index (κ3) is 4.48. The fourth-order valence-corrected chi connectivity index (χ4v) is 3.62. The topological polar surface area (TPSA) is 41.4 Å². The zero-order valence-electron chi connectivity index (χ0n) is 15.0. The highest BCUT2D eigenvalue weighted by molar-refractivity contribution is 6.31. The highest BCUT2D eigenvalue weighted by Gasteiger charge is 2.26. The molecule has 0 spiro atoms. The third-order valence-electron chi connectivity index (χ3n) is 4.62. The van der Waals surface area contributed by atoms with E-state index >= 15 is 0 Å². The van der Waals surface area contributed by atoms with E-state index in [9.17, 15) is 4.79 Å². The number of hydrogen-bond donors (Lipinski definition) is 0. The molecule has 5 nitrogen and oxygen atoms in total. The van der Waals surface area contributed by atoms with Crippen molar-refractivity contribution in [1.82, 2.24) is 19.6 Å². The van der Waals surface area contributed by atoms with Crippen molar-refractivity contribution in [1.29, 1.82) is 0 Å². The van der Waals surface area contributed by atoms with Gasteiger partial charge in [0.15, 0.2) is 0 Å². The molecule has 1 aromatic rings. The van der Waals surface area contributed by atoms with Crippen molar-refractivity contribution in [3.63, 3.8) is 0 Å². The zero-order valence-corrected chi connectivity index (χ0v) is 15.7. The Morgan fingerprint density at radius 3 is 2.70 bits per heavy atom.